The molecule has 0 bridgehead atoms. The van der Waals surface area contributed by atoms with Crippen LogP contribution in [0.5, 0.6) is 0 Å². The van der Waals surface area contributed by atoms with E-state index < -0.39 is 0 Å². The molecule has 0 aromatic heterocycles. The zero-order valence-electron chi connectivity index (χ0n) is 8.29. The quantitative estimate of drug-likeness (QED) is 0.629. The Morgan fingerprint density at radius 1 is 1.42 bits per heavy atom. The van der Waals surface area contributed by atoms with Crippen LogP contribution in [0.2, 0.25) is 0 Å². The summed E-state index contributed by atoms with van der Waals surface area (Å²) in [4.78, 5) is 0. The molecule has 0 aliphatic heterocycles. The zero-order valence-corrected chi connectivity index (χ0v) is 8.29. The third-order valence-electron chi connectivity index (χ3n) is 3.09. The molecule has 1 heteroatoms. The third kappa shape index (κ3) is 2.10. The van der Waals surface area contributed by atoms with E-state index in [4.69, 9.17) is 5.73 Å². The molecule has 70 valence electrons. The van der Waals surface area contributed by atoms with Crippen LogP contribution >= 0.6 is 0 Å². The highest BCUT2D eigenvalue weighted by Crippen LogP contribution is 2.32. The molecule has 0 amide bonds. The number of hydrogen-bond donors (Lipinski definition) is 1. The number of rotatable bonds is 2. The van der Waals surface area contributed by atoms with Crippen molar-refractivity contribution in [2.75, 3.05) is 0 Å². The van der Waals surface area contributed by atoms with Crippen molar-refractivity contribution in [3.05, 3.63) is 12.2 Å². The van der Waals surface area contributed by atoms with Crippen molar-refractivity contribution in [3.8, 4) is 0 Å². The lowest BCUT2D eigenvalue weighted by Gasteiger charge is -2.34. The summed E-state index contributed by atoms with van der Waals surface area (Å²) in [6.45, 7) is 4.36. The average Bonchev–Trinajstić information content (AvgIpc) is 2.05. The van der Waals surface area contributed by atoms with Crippen molar-refractivity contribution in [3.63, 3.8) is 0 Å². The fraction of sp³-hybridized carbons (Fsp3) is 0.818. The number of nitrogens with two attached hydrogens (primary N) is 1. The van der Waals surface area contributed by atoms with E-state index >= 15 is 0 Å². The monoisotopic (exact) mass is 167 g/mol. The average molecular weight is 167 g/mol. The summed E-state index contributed by atoms with van der Waals surface area (Å²) in [6.07, 6.45) is 9.63. The summed E-state index contributed by atoms with van der Waals surface area (Å²) in [5, 5.41) is 0. The minimum atomic E-state index is 0.449. The maximum Gasteiger partial charge on any atom is 0.00726 e. The molecule has 0 heterocycles. The van der Waals surface area contributed by atoms with E-state index in [1.807, 2.05) is 0 Å². The summed E-state index contributed by atoms with van der Waals surface area (Å²) in [6, 6.07) is 0.449. The van der Waals surface area contributed by atoms with Gasteiger partial charge in [-0.15, -0.1) is 0 Å². The van der Waals surface area contributed by atoms with E-state index in [-0.39, 0.29) is 0 Å². The molecular formula is C11H21N. The van der Waals surface area contributed by atoms with E-state index in [9.17, 15) is 0 Å². The largest absolute Gasteiger partial charge is 0.327 e. The summed E-state index contributed by atoms with van der Waals surface area (Å²) in [5.74, 6) is 1.48. The van der Waals surface area contributed by atoms with Crippen LogP contribution in [-0.2, 0) is 0 Å². The van der Waals surface area contributed by atoms with Crippen molar-refractivity contribution in [2.45, 2.75) is 45.6 Å². The van der Waals surface area contributed by atoms with Gasteiger partial charge in [0.15, 0.2) is 0 Å². The Morgan fingerprint density at radius 2 is 2.17 bits per heavy atom. The van der Waals surface area contributed by atoms with Gasteiger partial charge in [0.2, 0.25) is 0 Å². The third-order valence-corrected chi connectivity index (χ3v) is 3.09. The van der Waals surface area contributed by atoms with Gasteiger partial charge in [-0.2, -0.15) is 0 Å². The molecule has 1 saturated carbocycles. The van der Waals surface area contributed by atoms with Crippen LogP contribution < -0.4 is 5.73 Å². The molecule has 1 aliphatic rings. The molecular weight excluding hydrogens is 146 g/mol. The van der Waals surface area contributed by atoms with Crippen LogP contribution in [0, 0.1) is 11.8 Å². The first kappa shape index (κ1) is 9.79. The second kappa shape index (κ2) is 4.66. The molecule has 0 radical (unpaired) electrons. The summed E-state index contributed by atoms with van der Waals surface area (Å²) >= 11 is 0. The smallest absolute Gasteiger partial charge is 0.00726 e. The van der Waals surface area contributed by atoms with Gasteiger partial charge in [-0.25, -0.2) is 0 Å². The summed E-state index contributed by atoms with van der Waals surface area (Å²) in [5.41, 5.74) is 6.08. The van der Waals surface area contributed by atoms with Gasteiger partial charge in [-0.3, -0.25) is 0 Å². The fourth-order valence-corrected chi connectivity index (χ4v) is 2.43. The van der Waals surface area contributed by atoms with Crippen molar-refractivity contribution in [1.29, 1.82) is 0 Å². The Kier molecular flexibility index (Phi) is 3.80. The first-order valence-corrected chi connectivity index (χ1v) is 5.18. The minimum absolute atomic E-state index is 0.449. The second-order valence-corrected chi connectivity index (χ2v) is 3.86. The van der Waals surface area contributed by atoms with Crippen molar-refractivity contribution < 1.29 is 0 Å². The second-order valence-electron chi connectivity index (χ2n) is 3.86. The van der Waals surface area contributed by atoms with Gasteiger partial charge in [0.05, 0.1) is 0 Å². The highest BCUT2D eigenvalue weighted by Gasteiger charge is 2.27. The highest BCUT2D eigenvalue weighted by atomic mass is 14.7. The standard InChI is InChI=1S/C11H21N/c1-3-6-9-7-5-8-11(12)10(9)4-2/h3,6,9-11H,4-5,7-8,12H2,1-2H3/b6-3-/t9?,10?,11-/m1/s1. The van der Waals surface area contributed by atoms with Gasteiger partial charge in [0.1, 0.15) is 0 Å². The van der Waals surface area contributed by atoms with Gasteiger partial charge in [0, 0.05) is 6.04 Å². The Morgan fingerprint density at radius 3 is 2.75 bits per heavy atom. The Bertz CT molecular complexity index is 151. The van der Waals surface area contributed by atoms with Gasteiger partial charge in [-0.1, -0.05) is 31.9 Å². The van der Waals surface area contributed by atoms with Crippen LogP contribution in [0.4, 0.5) is 0 Å². The molecule has 0 aromatic carbocycles. The van der Waals surface area contributed by atoms with Crippen LogP contribution in [-0.4, -0.2) is 6.04 Å². The lowest BCUT2D eigenvalue weighted by atomic mass is 9.75. The van der Waals surface area contributed by atoms with Crippen LogP contribution in [0.1, 0.15) is 39.5 Å². The number of hydrogen-bond acceptors (Lipinski definition) is 1. The van der Waals surface area contributed by atoms with Crippen LogP contribution in [0.25, 0.3) is 0 Å². The maximum absolute atomic E-state index is 6.08. The summed E-state index contributed by atoms with van der Waals surface area (Å²) < 4.78 is 0. The van der Waals surface area contributed by atoms with Crippen molar-refractivity contribution in [1.82, 2.24) is 0 Å². The Balaban J connectivity index is 2.57. The highest BCUT2D eigenvalue weighted by molar-refractivity contribution is 4.95. The number of allylic oxidation sites excluding steroid dienone is 2. The molecule has 0 spiro atoms. The van der Waals surface area contributed by atoms with E-state index in [0.29, 0.717) is 6.04 Å². The van der Waals surface area contributed by atoms with Gasteiger partial charge < -0.3 is 5.73 Å². The van der Waals surface area contributed by atoms with Crippen LogP contribution in [0.3, 0.4) is 0 Å². The minimum Gasteiger partial charge on any atom is -0.327 e. The topological polar surface area (TPSA) is 26.0 Å². The van der Waals surface area contributed by atoms with Crippen LogP contribution in [0.15, 0.2) is 12.2 Å². The van der Waals surface area contributed by atoms with E-state index in [1.165, 1.54) is 25.7 Å². The van der Waals surface area contributed by atoms with E-state index in [1.54, 1.807) is 0 Å². The maximum atomic E-state index is 6.08. The SMILES string of the molecule is C/C=C\C1CCC[C@@H](N)C1CC. The van der Waals surface area contributed by atoms with Gasteiger partial charge >= 0.3 is 0 Å². The molecule has 0 saturated heterocycles. The first-order chi connectivity index (χ1) is 5.79. The lowest BCUT2D eigenvalue weighted by Crippen LogP contribution is -2.37. The molecule has 0 aromatic rings. The predicted octanol–water partition coefficient (Wildman–Crippen LogP) is 2.72. The zero-order chi connectivity index (χ0) is 8.97. The Hall–Kier alpha value is -0.300. The summed E-state index contributed by atoms with van der Waals surface area (Å²) in [7, 11) is 0. The molecule has 3 atom stereocenters. The van der Waals surface area contributed by atoms with Gasteiger partial charge in [-0.05, 0) is 31.6 Å². The molecule has 1 nitrogen and oxygen atoms in total. The molecule has 2 unspecified atom stereocenters. The van der Waals surface area contributed by atoms with Gasteiger partial charge in [0.25, 0.3) is 0 Å². The molecule has 2 N–H and O–H groups in total. The van der Waals surface area contributed by atoms with Crippen molar-refractivity contribution in [2.24, 2.45) is 17.6 Å². The lowest BCUT2D eigenvalue weighted by molar-refractivity contribution is 0.237. The fourth-order valence-electron chi connectivity index (χ4n) is 2.43. The molecule has 1 rings (SSSR count). The normalized spacial score (nSPS) is 37.4. The molecule has 1 aliphatic carbocycles. The predicted molar refractivity (Wildman–Crippen MR) is 53.9 cm³/mol. The molecule has 1 fully saturated rings. The molecule has 12 heavy (non-hydrogen) atoms. The van der Waals surface area contributed by atoms with E-state index in [0.717, 1.165) is 11.8 Å². The first-order valence-electron chi connectivity index (χ1n) is 5.18. The Labute approximate surface area is 76.0 Å². The van der Waals surface area contributed by atoms with Crippen molar-refractivity contribution >= 4 is 0 Å². The van der Waals surface area contributed by atoms with E-state index in [2.05, 4.69) is 26.0 Å².